The Morgan fingerprint density at radius 3 is 2.46 bits per heavy atom. The quantitative estimate of drug-likeness (QED) is 0.813. The summed E-state index contributed by atoms with van der Waals surface area (Å²) in [5, 5.41) is -0.588. The van der Waals surface area contributed by atoms with Crippen molar-refractivity contribution in [2.24, 2.45) is 5.92 Å². The molecule has 2 saturated carbocycles. The zero-order valence-corrected chi connectivity index (χ0v) is 17.1. The standard InChI is InChI=1S/C20H27N3O4S/c1-20(10-11-20)21-28(26,27)15-8-9-17-16(12-15)18(24)22(2)19(25)23(17)13-14-6-4-3-5-7-14/h3-7,15-17,21H,8-13H2,1-2H3. The molecular formula is C20H27N3O4S. The summed E-state index contributed by atoms with van der Waals surface area (Å²) in [4.78, 5) is 28.5. The van der Waals surface area contributed by atoms with E-state index in [0.29, 0.717) is 19.4 Å². The van der Waals surface area contributed by atoms with Crippen molar-refractivity contribution in [1.29, 1.82) is 0 Å². The minimum Gasteiger partial charge on any atom is -0.316 e. The molecule has 1 N–H and O–H groups in total. The molecule has 0 spiro atoms. The molecular weight excluding hydrogens is 378 g/mol. The Bertz CT molecular complexity index is 882. The van der Waals surface area contributed by atoms with Crippen LogP contribution in [0.25, 0.3) is 0 Å². The SMILES string of the molecule is CN1C(=O)C2CC(S(=O)(=O)NC3(C)CC3)CCC2N(Cc2ccccc2)C1=O. The van der Waals surface area contributed by atoms with Gasteiger partial charge in [0.2, 0.25) is 15.9 Å². The second-order valence-corrected chi connectivity index (χ2v) is 10.6. The smallest absolute Gasteiger partial charge is 0.316 e. The second kappa shape index (κ2) is 6.84. The highest BCUT2D eigenvalue weighted by molar-refractivity contribution is 7.90. The molecule has 3 unspecified atom stereocenters. The summed E-state index contributed by atoms with van der Waals surface area (Å²) in [7, 11) is -2.00. The first-order valence-electron chi connectivity index (χ1n) is 9.85. The van der Waals surface area contributed by atoms with Crippen LogP contribution in [0.4, 0.5) is 4.79 Å². The van der Waals surface area contributed by atoms with E-state index in [2.05, 4.69) is 4.72 Å². The summed E-state index contributed by atoms with van der Waals surface area (Å²) in [5.74, 6) is -0.745. The van der Waals surface area contributed by atoms with E-state index in [1.807, 2.05) is 37.3 Å². The lowest BCUT2D eigenvalue weighted by atomic mass is 9.80. The predicted octanol–water partition coefficient (Wildman–Crippen LogP) is 2.09. The summed E-state index contributed by atoms with van der Waals surface area (Å²) in [6.07, 6.45) is 2.95. The number of rotatable bonds is 5. The van der Waals surface area contributed by atoms with Gasteiger partial charge in [-0.1, -0.05) is 30.3 Å². The maximum absolute atomic E-state index is 12.8. The van der Waals surface area contributed by atoms with Crippen molar-refractivity contribution < 1.29 is 18.0 Å². The number of nitrogens with one attached hydrogen (secondary N) is 1. The van der Waals surface area contributed by atoms with E-state index in [1.165, 1.54) is 7.05 Å². The Morgan fingerprint density at radius 1 is 1.14 bits per heavy atom. The van der Waals surface area contributed by atoms with Gasteiger partial charge in [0, 0.05) is 25.2 Å². The van der Waals surface area contributed by atoms with Gasteiger partial charge in [0.15, 0.2) is 0 Å². The van der Waals surface area contributed by atoms with E-state index in [4.69, 9.17) is 0 Å². The zero-order chi connectivity index (χ0) is 20.1. The van der Waals surface area contributed by atoms with Gasteiger partial charge in [-0.25, -0.2) is 17.9 Å². The molecule has 7 nitrogen and oxygen atoms in total. The number of nitrogens with zero attached hydrogens (tertiary/aromatic N) is 2. The van der Waals surface area contributed by atoms with Crippen LogP contribution in [0.1, 0.15) is 44.6 Å². The molecule has 0 bridgehead atoms. The van der Waals surface area contributed by atoms with Crippen LogP contribution in [-0.4, -0.2) is 54.0 Å². The third-order valence-corrected chi connectivity index (χ3v) is 8.45. The van der Waals surface area contributed by atoms with E-state index in [1.54, 1.807) is 4.90 Å². The number of hydrogen-bond donors (Lipinski definition) is 1. The Labute approximate surface area is 166 Å². The van der Waals surface area contributed by atoms with Crippen LogP contribution in [-0.2, 0) is 21.4 Å². The lowest BCUT2D eigenvalue weighted by Crippen LogP contribution is -2.62. The van der Waals surface area contributed by atoms with Gasteiger partial charge in [0.25, 0.3) is 0 Å². The molecule has 152 valence electrons. The molecule has 4 rings (SSSR count). The molecule has 3 aliphatic rings. The summed E-state index contributed by atoms with van der Waals surface area (Å²) >= 11 is 0. The van der Waals surface area contributed by atoms with Gasteiger partial charge in [-0.3, -0.25) is 9.69 Å². The van der Waals surface area contributed by atoms with Crippen LogP contribution >= 0.6 is 0 Å². The van der Waals surface area contributed by atoms with Crippen molar-refractivity contribution in [3.05, 3.63) is 35.9 Å². The van der Waals surface area contributed by atoms with Crippen molar-refractivity contribution in [2.45, 2.75) is 62.4 Å². The monoisotopic (exact) mass is 405 g/mol. The van der Waals surface area contributed by atoms with Crippen LogP contribution in [0.2, 0.25) is 0 Å². The Hall–Kier alpha value is -1.93. The zero-order valence-electron chi connectivity index (χ0n) is 16.3. The van der Waals surface area contributed by atoms with Crippen molar-refractivity contribution >= 4 is 22.0 Å². The fraction of sp³-hybridized carbons (Fsp3) is 0.600. The normalized spacial score (nSPS) is 29.6. The Morgan fingerprint density at radius 2 is 1.82 bits per heavy atom. The molecule has 1 heterocycles. The molecule has 28 heavy (non-hydrogen) atoms. The van der Waals surface area contributed by atoms with E-state index in [-0.39, 0.29) is 29.9 Å². The van der Waals surface area contributed by atoms with Crippen LogP contribution in [0.5, 0.6) is 0 Å². The first-order chi connectivity index (χ1) is 13.2. The maximum atomic E-state index is 12.8. The van der Waals surface area contributed by atoms with Crippen molar-refractivity contribution in [3.63, 3.8) is 0 Å². The number of urea groups is 1. The highest BCUT2D eigenvalue weighted by atomic mass is 32.2. The van der Waals surface area contributed by atoms with Crippen molar-refractivity contribution in [3.8, 4) is 0 Å². The number of carbonyl (C=O) groups excluding carboxylic acids is 2. The van der Waals surface area contributed by atoms with Crippen LogP contribution < -0.4 is 4.72 Å². The molecule has 3 amide bonds. The Balaban J connectivity index is 1.55. The highest BCUT2D eigenvalue weighted by Gasteiger charge is 2.51. The number of benzene rings is 1. The van der Waals surface area contributed by atoms with E-state index in [0.717, 1.165) is 23.3 Å². The third kappa shape index (κ3) is 3.55. The largest absolute Gasteiger partial charge is 0.327 e. The van der Waals surface area contributed by atoms with Crippen LogP contribution in [0.15, 0.2) is 30.3 Å². The first kappa shape index (κ1) is 19.4. The molecule has 2 aliphatic carbocycles. The fourth-order valence-corrected chi connectivity index (χ4v) is 6.36. The average molecular weight is 406 g/mol. The van der Waals surface area contributed by atoms with Gasteiger partial charge >= 0.3 is 6.03 Å². The lowest BCUT2D eigenvalue weighted by molar-refractivity contribution is -0.139. The van der Waals surface area contributed by atoms with Crippen LogP contribution in [0, 0.1) is 5.92 Å². The van der Waals surface area contributed by atoms with Gasteiger partial charge in [-0.15, -0.1) is 0 Å². The summed E-state index contributed by atoms with van der Waals surface area (Å²) in [6, 6.07) is 9.11. The van der Waals surface area contributed by atoms with E-state index in [9.17, 15) is 18.0 Å². The number of sulfonamides is 1. The molecule has 0 radical (unpaired) electrons. The van der Waals surface area contributed by atoms with Gasteiger partial charge in [0.1, 0.15) is 0 Å². The van der Waals surface area contributed by atoms with Gasteiger partial charge in [0.05, 0.1) is 11.2 Å². The molecule has 1 saturated heterocycles. The number of carbonyl (C=O) groups is 2. The van der Waals surface area contributed by atoms with E-state index < -0.39 is 21.2 Å². The summed E-state index contributed by atoms with van der Waals surface area (Å²) < 4.78 is 28.5. The maximum Gasteiger partial charge on any atom is 0.327 e. The molecule has 3 fully saturated rings. The topological polar surface area (TPSA) is 86.8 Å². The number of amides is 3. The molecule has 3 atom stereocenters. The predicted molar refractivity (Wildman–Crippen MR) is 105 cm³/mol. The van der Waals surface area contributed by atoms with Crippen molar-refractivity contribution in [1.82, 2.24) is 14.5 Å². The van der Waals surface area contributed by atoms with Gasteiger partial charge < -0.3 is 4.90 Å². The molecule has 1 aromatic carbocycles. The molecule has 8 heteroatoms. The lowest BCUT2D eigenvalue weighted by Gasteiger charge is -2.47. The van der Waals surface area contributed by atoms with Gasteiger partial charge in [-0.05, 0) is 44.6 Å². The summed E-state index contributed by atoms with van der Waals surface area (Å²) in [6.45, 7) is 2.34. The second-order valence-electron chi connectivity index (χ2n) is 8.61. The van der Waals surface area contributed by atoms with E-state index >= 15 is 0 Å². The van der Waals surface area contributed by atoms with Crippen molar-refractivity contribution in [2.75, 3.05) is 7.05 Å². The minimum absolute atomic E-state index is 0.251. The fourth-order valence-electron chi connectivity index (χ4n) is 4.40. The number of imide groups is 1. The first-order valence-corrected chi connectivity index (χ1v) is 11.4. The average Bonchev–Trinajstić information content (AvgIpc) is 3.39. The van der Waals surface area contributed by atoms with Crippen LogP contribution in [0.3, 0.4) is 0 Å². The highest BCUT2D eigenvalue weighted by Crippen LogP contribution is 2.40. The molecule has 1 aromatic rings. The number of fused-ring (bicyclic) bond motifs is 1. The summed E-state index contributed by atoms with van der Waals surface area (Å²) in [5.41, 5.74) is 0.675. The Kier molecular flexibility index (Phi) is 4.74. The molecule has 1 aliphatic heterocycles. The van der Waals surface area contributed by atoms with Gasteiger partial charge in [-0.2, -0.15) is 0 Å². The number of hydrogen-bond acceptors (Lipinski definition) is 4. The molecule has 0 aromatic heterocycles. The third-order valence-electron chi connectivity index (χ3n) is 6.37. The minimum atomic E-state index is -3.48.